The van der Waals surface area contributed by atoms with Gasteiger partial charge in [0.15, 0.2) is 0 Å². The Morgan fingerprint density at radius 2 is 2.00 bits per heavy atom. The van der Waals surface area contributed by atoms with Crippen LogP contribution < -0.4 is 5.32 Å². The number of nitrogens with one attached hydrogen (secondary N) is 1. The van der Waals surface area contributed by atoms with Crippen LogP contribution in [0.4, 0.5) is 0 Å². The molecule has 0 bridgehead atoms. The van der Waals surface area contributed by atoms with Gasteiger partial charge in [0.2, 0.25) is 0 Å². The van der Waals surface area contributed by atoms with E-state index in [4.69, 9.17) is 0 Å². The summed E-state index contributed by atoms with van der Waals surface area (Å²) in [7, 11) is 0. The van der Waals surface area contributed by atoms with E-state index in [1.807, 2.05) is 0 Å². The summed E-state index contributed by atoms with van der Waals surface area (Å²) in [4.78, 5) is 2.57. The molecule has 0 aromatic carbocycles. The second kappa shape index (κ2) is 5.13. The van der Waals surface area contributed by atoms with E-state index in [0.717, 1.165) is 12.0 Å². The second-order valence-electron chi connectivity index (χ2n) is 4.94. The Bertz CT molecular complexity index is 164. The van der Waals surface area contributed by atoms with Crippen molar-refractivity contribution in [1.82, 2.24) is 10.2 Å². The highest BCUT2D eigenvalue weighted by Crippen LogP contribution is 2.19. The summed E-state index contributed by atoms with van der Waals surface area (Å²) in [5.74, 6) is 0.926. The number of likely N-dealkylation sites (tertiary alicyclic amines) is 1. The van der Waals surface area contributed by atoms with E-state index in [1.54, 1.807) is 0 Å². The molecule has 0 aromatic rings. The molecule has 2 aliphatic rings. The maximum atomic E-state index is 3.74. The van der Waals surface area contributed by atoms with Gasteiger partial charge in [0.05, 0.1) is 0 Å². The van der Waals surface area contributed by atoms with Crippen LogP contribution in [0.15, 0.2) is 0 Å². The van der Waals surface area contributed by atoms with Crippen molar-refractivity contribution >= 4 is 0 Å². The van der Waals surface area contributed by atoms with Gasteiger partial charge in [0, 0.05) is 12.6 Å². The summed E-state index contributed by atoms with van der Waals surface area (Å²) >= 11 is 0. The van der Waals surface area contributed by atoms with E-state index < -0.39 is 0 Å². The fraction of sp³-hybridized carbons (Fsp3) is 1.00. The number of hydrogen-bond acceptors (Lipinski definition) is 2. The van der Waals surface area contributed by atoms with Crippen molar-refractivity contribution in [2.45, 2.75) is 45.1 Å². The maximum absolute atomic E-state index is 3.74. The third-order valence-electron chi connectivity index (χ3n) is 3.87. The predicted octanol–water partition coefficient (Wildman–Crippen LogP) is 1.86. The second-order valence-corrected chi connectivity index (χ2v) is 4.94. The Hall–Kier alpha value is -0.0800. The van der Waals surface area contributed by atoms with Gasteiger partial charge in [-0.2, -0.15) is 0 Å². The monoisotopic (exact) mass is 196 g/mol. The maximum Gasteiger partial charge on any atom is 0.00671 e. The standard InChI is InChI=1S/C12H24N2/c1-2-14-8-7-11(10-14)9-13-12-5-3-4-6-12/h11-13H,2-10H2,1H3. The largest absolute Gasteiger partial charge is 0.314 e. The van der Waals surface area contributed by atoms with Crippen LogP contribution in [0, 0.1) is 5.92 Å². The summed E-state index contributed by atoms with van der Waals surface area (Å²) < 4.78 is 0. The molecule has 1 saturated heterocycles. The van der Waals surface area contributed by atoms with Crippen molar-refractivity contribution in [3.05, 3.63) is 0 Å². The zero-order chi connectivity index (χ0) is 9.80. The van der Waals surface area contributed by atoms with Crippen LogP contribution in [-0.2, 0) is 0 Å². The van der Waals surface area contributed by atoms with Crippen LogP contribution in [0.2, 0.25) is 0 Å². The molecule has 0 aromatic heterocycles. The molecule has 2 nitrogen and oxygen atoms in total. The lowest BCUT2D eigenvalue weighted by Crippen LogP contribution is -2.32. The third kappa shape index (κ3) is 2.71. The first-order valence-corrected chi connectivity index (χ1v) is 6.34. The van der Waals surface area contributed by atoms with Crippen molar-refractivity contribution in [3.8, 4) is 0 Å². The molecule has 2 rings (SSSR count). The van der Waals surface area contributed by atoms with Crippen LogP contribution in [-0.4, -0.2) is 37.1 Å². The number of rotatable bonds is 4. The first kappa shape index (κ1) is 10.4. The third-order valence-corrected chi connectivity index (χ3v) is 3.87. The molecular formula is C12H24N2. The lowest BCUT2D eigenvalue weighted by molar-refractivity contribution is 0.335. The van der Waals surface area contributed by atoms with Crippen LogP contribution in [0.3, 0.4) is 0 Å². The minimum atomic E-state index is 0.852. The lowest BCUT2D eigenvalue weighted by Gasteiger charge is -2.16. The minimum Gasteiger partial charge on any atom is -0.314 e. The SMILES string of the molecule is CCN1CCC(CNC2CCCC2)C1. The van der Waals surface area contributed by atoms with Gasteiger partial charge in [0.1, 0.15) is 0 Å². The van der Waals surface area contributed by atoms with Gasteiger partial charge < -0.3 is 10.2 Å². The average molecular weight is 196 g/mol. The Morgan fingerprint density at radius 3 is 2.64 bits per heavy atom. The fourth-order valence-corrected chi connectivity index (χ4v) is 2.83. The summed E-state index contributed by atoms with van der Waals surface area (Å²) in [5, 5.41) is 3.74. The Morgan fingerprint density at radius 1 is 1.21 bits per heavy atom. The molecule has 2 fully saturated rings. The molecule has 1 aliphatic carbocycles. The van der Waals surface area contributed by atoms with Crippen molar-refractivity contribution in [3.63, 3.8) is 0 Å². The normalized spacial score (nSPS) is 30.2. The lowest BCUT2D eigenvalue weighted by atomic mass is 10.1. The molecule has 82 valence electrons. The van der Waals surface area contributed by atoms with Gasteiger partial charge in [-0.05, 0) is 44.8 Å². The van der Waals surface area contributed by atoms with Gasteiger partial charge in [-0.25, -0.2) is 0 Å². The molecule has 0 amide bonds. The summed E-state index contributed by atoms with van der Waals surface area (Å²) in [6, 6.07) is 0.852. The molecule has 0 radical (unpaired) electrons. The van der Waals surface area contributed by atoms with Crippen molar-refractivity contribution in [2.75, 3.05) is 26.2 Å². The van der Waals surface area contributed by atoms with Crippen LogP contribution >= 0.6 is 0 Å². The molecule has 1 atom stereocenters. The van der Waals surface area contributed by atoms with E-state index in [-0.39, 0.29) is 0 Å². The van der Waals surface area contributed by atoms with Crippen molar-refractivity contribution in [1.29, 1.82) is 0 Å². The molecule has 14 heavy (non-hydrogen) atoms. The summed E-state index contributed by atoms with van der Waals surface area (Å²) in [6.45, 7) is 7.43. The average Bonchev–Trinajstić information content (AvgIpc) is 2.86. The molecular weight excluding hydrogens is 172 g/mol. The van der Waals surface area contributed by atoms with E-state index in [1.165, 1.54) is 58.3 Å². The quantitative estimate of drug-likeness (QED) is 0.738. The van der Waals surface area contributed by atoms with E-state index in [0.29, 0.717) is 0 Å². The van der Waals surface area contributed by atoms with Gasteiger partial charge in [-0.15, -0.1) is 0 Å². The van der Waals surface area contributed by atoms with Crippen molar-refractivity contribution in [2.24, 2.45) is 5.92 Å². The molecule has 1 saturated carbocycles. The molecule has 1 unspecified atom stereocenters. The molecule has 1 aliphatic heterocycles. The zero-order valence-electron chi connectivity index (χ0n) is 9.47. The number of hydrogen-bond donors (Lipinski definition) is 1. The van der Waals surface area contributed by atoms with Gasteiger partial charge in [0.25, 0.3) is 0 Å². The molecule has 1 heterocycles. The minimum absolute atomic E-state index is 0.852. The highest BCUT2D eigenvalue weighted by molar-refractivity contribution is 4.80. The van der Waals surface area contributed by atoms with Gasteiger partial charge >= 0.3 is 0 Å². The zero-order valence-corrected chi connectivity index (χ0v) is 9.47. The number of nitrogens with zero attached hydrogens (tertiary/aromatic N) is 1. The Labute approximate surface area is 88.1 Å². The summed E-state index contributed by atoms with van der Waals surface area (Å²) in [6.07, 6.45) is 7.15. The topological polar surface area (TPSA) is 15.3 Å². The van der Waals surface area contributed by atoms with E-state index in [2.05, 4.69) is 17.1 Å². The molecule has 1 N–H and O–H groups in total. The highest BCUT2D eigenvalue weighted by Gasteiger charge is 2.22. The van der Waals surface area contributed by atoms with E-state index >= 15 is 0 Å². The molecule has 2 heteroatoms. The predicted molar refractivity (Wildman–Crippen MR) is 60.5 cm³/mol. The highest BCUT2D eigenvalue weighted by atomic mass is 15.1. The van der Waals surface area contributed by atoms with Crippen LogP contribution in [0.5, 0.6) is 0 Å². The fourth-order valence-electron chi connectivity index (χ4n) is 2.83. The summed E-state index contributed by atoms with van der Waals surface area (Å²) in [5.41, 5.74) is 0. The molecule has 0 spiro atoms. The van der Waals surface area contributed by atoms with Crippen LogP contribution in [0.25, 0.3) is 0 Å². The van der Waals surface area contributed by atoms with Crippen LogP contribution in [0.1, 0.15) is 39.0 Å². The Kier molecular flexibility index (Phi) is 3.82. The van der Waals surface area contributed by atoms with Crippen molar-refractivity contribution < 1.29 is 0 Å². The van der Waals surface area contributed by atoms with Gasteiger partial charge in [-0.1, -0.05) is 19.8 Å². The smallest absolute Gasteiger partial charge is 0.00671 e. The van der Waals surface area contributed by atoms with E-state index in [9.17, 15) is 0 Å². The Balaban J connectivity index is 1.61. The van der Waals surface area contributed by atoms with Gasteiger partial charge in [-0.3, -0.25) is 0 Å². The first-order valence-electron chi connectivity index (χ1n) is 6.34. The first-order chi connectivity index (χ1) is 6.88.